The molecule has 1 saturated heterocycles. The lowest BCUT2D eigenvalue weighted by atomic mass is 10.1. The highest BCUT2D eigenvalue weighted by atomic mass is 16.2. The van der Waals surface area contributed by atoms with Crippen LogP contribution in [-0.4, -0.2) is 43.9 Å². The van der Waals surface area contributed by atoms with Crippen LogP contribution in [0.15, 0.2) is 30.7 Å². The van der Waals surface area contributed by atoms with Gasteiger partial charge in [-0.25, -0.2) is 4.68 Å². The van der Waals surface area contributed by atoms with Crippen LogP contribution in [0.2, 0.25) is 0 Å². The summed E-state index contributed by atoms with van der Waals surface area (Å²) in [5, 5.41) is 8.37. The maximum Gasteiger partial charge on any atom is 0.222 e. The summed E-state index contributed by atoms with van der Waals surface area (Å²) in [6.45, 7) is 1.50. The highest BCUT2D eigenvalue weighted by Crippen LogP contribution is 2.34. The Balaban J connectivity index is 1.38. The van der Waals surface area contributed by atoms with E-state index in [-0.39, 0.29) is 6.04 Å². The third kappa shape index (κ3) is 2.53. The summed E-state index contributed by atoms with van der Waals surface area (Å²) in [7, 11) is 0. The van der Waals surface area contributed by atoms with Gasteiger partial charge in [0.1, 0.15) is 5.69 Å². The van der Waals surface area contributed by atoms with Crippen molar-refractivity contribution in [1.29, 1.82) is 0 Å². The Hall–Kier alpha value is -2.24. The molecule has 0 radical (unpaired) electrons. The van der Waals surface area contributed by atoms with Crippen molar-refractivity contribution >= 4 is 5.91 Å². The molecule has 0 N–H and O–H groups in total. The first kappa shape index (κ1) is 12.5. The Morgan fingerprint density at radius 3 is 2.90 bits per heavy atom. The lowest BCUT2D eigenvalue weighted by Gasteiger charge is -2.39. The molecule has 1 saturated carbocycles. The Morgan fingerprint density at radius 1 is 1.33 bits per heavy atom. The zero-order valence-electron chi connectivity index (χ0n) is 11.7. The first-order chi connectivity index (χ1) is 10.3. The number of carbonyl (C=O) groups is 1. The predicted octanol–water partition coefficient (Wildman–Crippen LogP) is 1.52. The average Bonchev–Trinajstić information content (AvgIpc) is 3.13. The molecule has 0 atom stereocenters. The minimum Gasteiger partial charge on any atom is -0.338 e. The fraction of sp³-hybridized carbons (Fsp3) is 0.467. The zero-order chi connectivity index (χ0) is 14.2. The quantitative estimate of drug-likeness (QED) is 0.853. The van der Waals surface area contributed by atoms with E-state index in [9.17, 15) is 4.79 Å². The molecule has 108 valence electrons. The number of likely N-dealkylation sites (tertiary alicyclic amines) is 1. The second-order valence-electron chi connectivity index (χ2n) is 5.93. The van der Waals surface area contributed by atoms with E-state index in [2.05, 4.69) is 15.3 Å². The predicted molar refractivity (Wildman–Crippen MR) is 76.2 cm³/mol. The maximum absolute atomic E-state index is 12.0. The van der Waals surface area contributed by atoms with Crippen molar-refractivity contribution in [2.24, 2.45) is 5.92 Å². The smallest absolute Gasteiger partial charge is 0.222 e. The third-order valence-electron chi connectivity index (χ3n) is 4.22. The maximum atomic E-state index is 12.0. The molecule has 0 aromatic carbocycles. The molecule has 0 unspecified atom stereocenters. The van der Waals surface area contributed by atoms with Gasteiger partial charge >= 0.3 is 0 Å². The first-order valence-electron chi connectivity index (χ1n) is 7.39. The summed E-state index contributed by atoms with van der Waals surface area (Å²) < 4.78 is 1.86. The number of rotatable bonds is 4. The molecule has 1 amide bonds. The van der Waals surface area contributed by atoms with Crippen molar-refractivity contribution in [2.45, 2.75) is 25.3 Å². The lowest BCUT2D eigenvalue weighted by Crippen LogP contribution is -2.51. The van der Waals surface area contributed by atoms with Crippen LogP contribution >= 0.6 is 0 Å². The van der Waals surface area contributed by atoms with E-state index in [1.165, 1.54) is 12.8 Å². The van der Waals surface area contributed by atoms with E-state index in [1.807, 2.05) is 27.9 Å². The molecule has 2 aromatic rings. The largest absolute Gasteiger partial charge is 0.338 e. The molecule has 1 aliphatic carbocycles. The van der Waals surface area contributed by atoms with Crippen LogP contribution in [0.4, 0.5) is 0 Å². The van der Waals surface area contributed by atoms with Gasteiger partial charge in [-0.2, -0.15) is 0 Å². The van der Waals surface area contributed by atoms with Crippen molar-refractivity contribution in [2.75, 3.05) is 13.1 Å². The minimum atomic E-state index is 0.256. The number of nitrogens with zero attached hydrogens (tertiary/aromatic N) is 5. The molecule has 2 aromatic heterocycles. The van der Waals surface area contributed by atoms with Crippen LogP contribution in [-0.2, 0) is 4.79 Å². The van der Waals surface area contributed by atoms with Crippen LogP contribution in [0.1, 0.15) is 25.3 Å². The van der Waals surface area contributed by atoms with Gasteiger partial charge in [-0.15, -0.1) is 5.10 Å². The Labute approximate surface area is 122 Å². The minimum absolute atomic E-state index is 0.256. The first-order valence-corrected chi connectivity index (χ1v) is 7.39. The van der Waals surface area contributed by atoms with E-state index in [4.69, 9.17) is 0 Å². The standard InChI is InChI=1S/C15H17N5O/c21-15(6-11-3-4-11)19-8-13(9-19)20-10-14(17-18-20)12-2-1-5-16-7-12/h1-2,5,7,10-11,13H,3-4,6,8-9H2. The monoisotopic (exact) mass is 283 g/mol. The summed E-state index contributed by atoms with van der Waals surface area (Å²) in [6, 6.07) is 4.11. The van der Waals surface area contributed by atoms with Gasteiger partial charge in [-0.3, -0.25) is 9.78 Å². The van der Waals surface area contributed by atoms with Crippen LogP contribution in [0, 0.1) is 5.92 Å². The molecule has 3 heterocycles. The van der Waals surface area contributed by atoms with Crippen LogP contribution in [0.25, 0.3) is 11.3 Å². The van der Waals surface area contributed by atoms with Crippen molar-refractivity contribution < 1.29 is 4.79 Å². The van der Waals surface area contributed by atoms with E-state index in [0.717, 1.165) is 30.8 Å². The van der Waals surface area contributed by atoms with E-state index in [1.54, 1.807) is 12.4 Å². The molecular weight excluding hydrogens is 266 g/mol. The number of hydrogen-bond acceptors (Lipinski definition) is 4. The van der Waals surface area contributed by atoms with Gasteiger partial charge in [0.05, 0.1) is 12.2 Å². The normalized spacial score (nSPS) is 18.6. The molecule has 21 heavy (non-hydrogen) atoms. The van der Waals surface area contributed by atoms with Crippen molar-refractivity contribution in [3.8, 4) is 11.3 Å². The van der Waals surface area contributed by atoms with Crippen molar-refractivity contribution in [3.63, 3.8) is 0 Å². The fourth-order valence-electron chi connectivity index (χ4n) is 2.63. The van der Waals surface area contributed by atoms with Crippen LogP contribution < -0.4 is 0 Å². The van der Waals surface area contributed by atoms with Gasteiger partial charge in [0.15, 0.2) is 0 Å². The second-order valence-corrected chi connectivity index (χ2v) is 5.93. The highest BCUT2D eigenvalue weighted by Gasteiger charge is 2.35. The van der Waals surface area contributed by atoms with Crippen LogP contribution in [0.3, 0.4) is 0 Å². The molecule has 0 bridgehead atoms. The average molecular weight is 283 g/mol. The van der Waals surface area contributed by atoms with Gasteiger partial charge < -0.3 is 4.90 Å². The topological polar surface area (TPSA) is 63.9 Å². The summed E-state index contributed by atoms with van der Waals surface area (Å²) in [5.41, 5.74) is 1.79. The van der Waals surface area contributed by atoms with Gasteiger partial charge in [-0.1, -0.05) is 5.21 Å². The van der Waals surface area contributed by atoms with Crippen LogP contribution in [0.5, 0.6) is 0 Å². The Morgan fingerprint density at radius 2 is 2.19 bits per heavy atom. The van der Waals surface area contributed by atoms with E-state index < -0.39 is 0 Å². The zero-order valence-corrected chi connectivity index (χ0v) is 11.7. The molecular formula is C15H17N5O. The molecule has 2 aliphatic rings. The highest BCUT2D eigenvalue weighted by molar-refractivity contribution is 5.77. The molecule has 1 aliphatic heterocycles. The SMILES string of the molecule is O=C(CC1CC1)N1CC(n2cc(-c3cccnc3)nn2)C1. The number of hydrogen-bond donors (Lipinski definition) is 0. The number of aromatic nitrogens is 4. The van der Waals surface area contributed by atoms with Gasteiger partial charge in [0.2, 0.25) is 5.91 Å². The van der Waals surface area contributed by atoms with Crippen molar-refractivity contribution in [1.82, 2.24) is 24.9 Å². The molecule has 4 rings (SSSR count). The number of carbonyl (C=O) groups excluding carboxylic acids is 1. The summed E-state index contributed by atoms with van der Waals surface area (Å²) in [4.78, 5) is 18.0. The fourth-order valence-corrected chi connectivity index (χ4v) is 2.63. The third-order valence-corrected chi connectivity index (χ3v) is 4.22. The lowest BCUT2D eigenvalue weighted by molar-refractivity contribution is -0.137. The Kier molecular flexibility index (Phi) is 2.94. The second kappa shape index (κ2) is 4.95. The number of pyridine rings is 1. The molecule has 6 nitrogen and oxygen atoms in total. The van der Waals surface area contributed by atoms with Crippen molar-refractivity contribution in [3.05, 3.63) is 30.7 Å². The van der Waals surface area contributed by atoms with E-state index in [0.29, 0.717) is 11.8 Å². The molecule has 2 fully saturated rings. The summed E-state index contributed by atoms with van der Waals surface area (Å²) in [6.07, 6.45) is 8.63. The summed E-state index contributed by atoms with van der Waals surface area (Å²) >= 11 is 0. The number of amides is 1. The molecule has 6 heteroatoms. The molecule has 0 spiro atoms. The van der Waals surface area contributed by atoms with Gasteiger partial charge in [0, 0.05) is 37.5 Å². The summed E-state index contributed by atoms with van der Waals surface area (Å²) in [5.74, 6) is 0.946. The van der Waals surface area contributed by atoms with Gasteiger partial charge in [0.25, 0.3) is 0 Å². The van der Waals surface area contributed by atoms with Gasteiger partial charge in [-0.05, 0) is 30.9 Å². The Bertz CT molecular complexity index is 643. The van der Waals surface area contributed by atoms with E-state index >= 15 is 0 Å².